The number of benzene rings is 1. The van der Waals surface area contributed by atoms with Gasteiger partial charge in [-0.3, -0.25) is 19.3 Å². The number of fused-ring (bicyclic) bond motifs is 1. The highest BCUT2D eigenvalue weighted by atomic mass is 32.2. The maximum absolute atomic E-state index is 12.3. The second-order valence-electron chi connectivity index (χ2n) is 5.64. The van der Waals surface area contributed by atoms with Crippen LogP contribution >= 0.6 is 11.8 Å². The largest absolute Gasteiger partial charge is 0.359 e. The Morgan fingerprint density at radius 2 is 2.13 bits per heavy atom. The molecule has 2 heterocycles. The lowest BCUT2D eigenvalue weighted by Crippen LogP contribution is -2.46. The summed E-state index contributed by atoms with van der Waals surface area (Å²) in [5.41, 5.74) is 2.37. The first-order chi connectivity index (χ1) is 11.1. The number of thioether (sulfide) groups is 1. The smallest absolute Gasteiger partial charge is 0.288 e. The van der Waals surface area contributed by atoms with Crippen LogP contribution in [0.25, 0.3) is 0 Å². The van der Waals surface area contributed by atoms with Gasteiger partial charge in [-0.15, -0.1) is 0 Å². The minimum absolute atomic E-state index is 0.0894. The van der Waals surface area contributed by atoms with Gasteiger partial charge in [0.2, 0.25) is 11.8 Å². The van der Waals surface area contributed by atoms with Gasteiger partial charge in [-0.2, -0.15) is 0 Å². The summed E-state index contributed by atoms with van der Waals surface area (Å²) in [5.74, 6) is -0.0717. The van der Waals surface area contributed by atoms with Gasteiger partial charge in [0.15, 0.2) is 0 Å². The Kier molecular flexibility index (Phi) is 4.56. The Bertz CT molecular complexity index is 633. The molecule has 0 unspecified atom stereocenters. The van der Waals surface area contributed by atoms with Gasteiger partial charge in [-0.25, -0.2) is 0 Å². The molecule has 0 spiro atoms. The molecule has 2 aliphatic rings. The predicted octanol–water partition coefficient (Wildman–Crippen LogP) is 1.25. The average molecular weight is 333 g/mol. The van der Waals surface area contributed by atoms with Crippen molar-refractivity contribution in [3.63, 3.8) is 0 Å². The fraction of sp³-hybridized carbons (Fsp3) is 0.438. The Hall–Kier alpha value is -2.02. The summed E-state index contributed by atoms with van der Waals surface area (Å²) in [5, 5.41) is 2.59. The summed E-state index contributed by atoms with van der Waals surface area (Å²) in [6, 6.07) is 7.82. The van der Waals surface area contributed by atoms with Gasteiger partial charge in [0, 0.05) is 25.3 Å². The highest BCUT2D eigenvalue weighted by Crippen LogP contribution is 2.29. The number of carbonyl (C=O) groups is 3. The Balaban J connectivity index is 1.53. The van der Waals surface area contributed by atoms with Gasteiger partial charge in [-0.1, -0.05) is 30.0 Å². The van der Waals surface area contributed by atoms with E-state index in [0.29, 0.717) is 0 Å². The van der Waals surface area contributed by atoms with Crippen LogP contribution in [0.2, 0.25) is 0 Å². The van der Waals surface area contributed by atoms with Crippen LogP contribution in [0.15, 0.2) is 24.3 Å². The Labute approximate surface area is 139 Å². The minimum atomic E-state index is -0.280. The van der Waals surface area contributed by atoms with Crippen LogP contribution < -0.4 is 10.2 Å². The Morgan fingerprint density at radius 3 is 2.87 bits per heavy atom. The van der Waals surface area contributed by atoms with Crippen LogP contribution in [0.5, 0.6) is 0 Å². The molecule has 1 aromatic carbocycles. The van der Waals surface area contributed by atoms with Crippen LogP contribution in [0.4, 0.5) is 10.5 Å². The highest BCUT2D eigenvalue weighted by molar-refractivity contribution is 8.14. The summed E-state index contributed by atoms with van der Waals surface area (Å²) < 4.78 is 0. The van der Waals surface area contributed by atoms with Crippen LogP contribution in [-0.2, 0) is 16.0 Å². The van der Waals surface area contributed by atoms with E-state index in [-0.39, 0.29) is 41.9 Å². The van der Waals surface area contributed by atoms with Crippen molar-refractivity contribution in [2.24, 2.45) is 0 Å². The first-order valence-electron chi connectivity index (χ1n) is 7.67. The van der Waals surface area contributed by atoms with Crippen molar-refractivity contribution in [1.29, 1.82) is 0 Å². The predicted molar refractivity (Wildman–Crippen MR) is 89.5 cm³/mol. The van der Waals surface area contributed by atoms with Crippen LogP contribution in [0.1, 0.15) is 12.5 Å². The minimum Gasteiger partial charge on any atom is -0.359 e. The Morgan fingerprint density at radius 1 is 1.35 bits per heavy atom. The van der Waals surface area contributed by atoms with Gasteiger partial charge < -0.3 is 10.2 Å². The molecule has 6 nitrogen and oxygen atoms in total. The molecule has 1 N–H and O–H groups in total. The van der Waals surface area contributed by atoms with Gasteiger partial charge >= 0.3 is 0 Å². The number of nitrogens with zero attached hydrogens (tertiary/aromatic N) is 2. The zero-order valence-electron chi connectivity index (χ0n) is 12.9. The molecule has 1 fully saturated rings. The molecule has 1 saturated heterocycles. The van der Waals surface area contributed by atoms with E-state index in [1.165, 1.54) is 10.5 Å². The van der Waals surface area contributed by atoms with Crippen molar-refractivity contribution in [2.75, 3.05) is 30.3 Å². The molecular formula is C16H19N3O3S. The molecule has 0 radical (unpaired) electrons. The lowest BCUT2D eigenvalue weighted by molar-refractivity contribution is -0.125. The molecule has 2 aliphatic heterocycles. The van der Waals surface area contributed by atoms with Crippen LogP contribution in [-0.4, -0.2) is 53.4 Å². The molecule has 122 valence electrons. The summed E-state index contributed by atoms with van der Waals surface area (Å²) >= 11 is 1.01. The van der Waals surface area contributed by atoms with Gasteiger partial charge in [0.1, 0.15) is 6.04 Å². The zero-order chi connectivity index (χ0) is 16.4. The number of carbonyl (C=O) groups excluding carboxylic acids is 3. The number of hydrogen-bond acceptors (Lipinski definition) is 5. The molecule has 0 aliphatic carbocycles. The third kappa shape index (κ3) is 3.19. The lowest BCUT2D eigenvalue weighted by atomic mass is 10.1. The summed E-state index contributed by atoms with van der Waals surface area (Å²) in [6.07, 6.45) is 0.946. The number of para-hydroxylation sites is 1. The number of anilines is 1. The van der Waals surface area contributed by atoms with E-state index in [9.17, 15) is 14.4 Å². The van der Waals surface area contributed by atoms with E-state index in [0.717, 1.165) is 30.4 Å². The maximum atomic E-state index is 12.3. The number of rotatable bonds is 5. The molecular weight excluding hydrogens is 314 g/mol. The first-order valence-corrected chi connectivity index (χ1v) is 8.66. The number of imide groups is 1. The normalized spacial score (nSPS) is 18.3. The van der Waals surface area contributed by atoms with Crippen molar-refractivity contribution in [3.8, 4) is 0 Å². The number of amides is 3. The van der Waals surface area contributed by atoms with Crippen molar-refractivity contribution in [1.82, 2.24) is 10.2 Å². The monoisotopic (exact) mass is 333 g/mol. The lowest BCUT2D eigenvalue weighted by Gasteiger charge is -2.26. The molecule has 7 heteroatoms. The maximum Gasteiger partial charge on any atom is 0.288 e. The van der Waals surface area contributed by atoms with E-state index >= 15 is 0 Å². The topological polar surface area (TPSA) is 69.7 Å². The number of nitrogens with one attached hydrogen (secondary N) is 1. The third-order valence-electron chi connectivity index (χ3n) is 4.25. The van der Waals surface area contributed by atoms with Crippen LogP contribution in [0, 0.1) is 0 Å². The molecule has 23 heavy (non-hydrogen) atoms. The molecule has 0 aromatic heterocycles. The van der Waals surface area contributed by atoms with Gasteiger partial charge in [-0.05, 0) is 25.0 Å². The van der Waals surface area contributed by atoms with Crippen molar-refractivity contribution >= 4 is 34.5 Å². The molecule has 1 atom stereocenters. The third-order valence-corrected chi connectivity index (χ3v) is 5.10. The van der Waals surface area contributed by atoms with E-state index in [1.54, 1.807) is 0 Å². The van der Waals surface area contributed by atoms with E-state index in [2.05, 4.69) is 16.3 Å². The molecule has 3 amide bonds. The quantitative estimate of drug-likeness (QED) is 0.878. The van der Waals surface area contributed by atoms with Crippen LogP contribution in [0.3, 0.4) is 0 Å². The molecule has 0 bridgehead atoms. The van der Waals surface area contributed by atoms with Gasteiger partial charge in [0.05, 0.1) is 5.75 Å². The first kappa shape index (κ1) is 15.9. The molecule has 3 rings (SSSR count). The number of hydrogen-bond donors (Lipinski definition) is 1. The SMILES string of the molecule is C[C@H](C(=O)NCCN1C(=O)CSC1=O)N1CCc2ccccc21. The fourth-order valence-electron chi connectivity index (χ4n) is 2.94. The fourth-order valence-corrected chi connectivity index (χ4v) is 3.70. The zero-order valence-corrected chi connectivity index (χ0v) is 13.8. The van der Waals surface area contributed by atoms with E-state index in [4.69, 9.17) is 0 Å². The van der Waals surface area contributed by atoms with Crippen molar-refractivity contribution < 1.29 is 14.4 Å². The second-order valence-corrected chi connectivity index (χ2v) is 6.57. The van der Waals surface area contributed by atoms with E-state index < -0.39 is 0 Å². The molecule has 0 saturated carbocycles. The second kappa shape index (κ2) is 6.62. The summed E-state index contributed by atoms with van der Waals surface area (Å²) in [6.45, 7) is 3.23. The molecule has 1 aromatic rings. The highest BCUT2D eigenvalue weighted by Gasteiger charge is 2.30. The van der Waals surface area contributed by atoms with E-state index in [1.807, 2.05) is 25.1 Å². The van der Waals surface area contributed by atoms with Crippen molar-refractivity contribution in [3.05, 3.63) is 29.8 Å². The summed E-state index contributed by atoms with van der Waals surface area (Å²) in [7, 11) is 0. The summed E-state index contributed by atoms with van der Waals surface area (Å²) in [4.78, 5) is 38.6. The average Bonchev–Trinajstić information content (AvgIpc) is 3.12. The van der Waals surface area contributed by atoms with Crippen molar-refractivity contribution in [2.45, 2.75) is 19.4 Å². The standard InChI is InChI=1S/C16H19N3O3S/c1-11(18-8-6-12-4-2-3-5-13(12)18)15(21)17-7-9-19-14(20)10-23-16(19)22/h2-5,11H,6-10H2,1H3,(H,17,21)/t11-/m1/s1. The van der Waals surface area contributed by atoms with Gasteiger partial charge in [0.25, 0.3) is 5.24 Å².